The Morgan fingerprint density at radius 2 is 1.88 bits per heavy atom. The van der Waals surface area contributed by atoms with Crippen LogP contribution in [-0.4, -0.2) is 29.0 Å². The Labute approximate surface area is 149 Å². The van der Waals surface area contributed by atoms with Crippen LogP contribution in [0.4, 0.5) is 5.69 Å². The number of fused-ring (bicyclic) bond motifs is 1. The van der Waals surface area contributed by atoms with E-state index in [4.69, 9.17) is 4.74 Å². The summed E-state index contributed by atoms with van der Waals surface area (Å²) in [4.78, 5) is 26.4. The molecule has 0 bridgehead atoms. The number of benzene rings is 2. The predicted molar refractivity (Wildman–Crippen MR) is 97.0 cm³/mol. The maximum atomic E-state index is 11.9. The van der Waals surface area contributed by atoms with Crippen LogP contribution in [0.1, 0.15) is 5.56 Å². The number of pyridine rings is 1. The molecule has 0 unspecified atom stereocenters. The van der Waals surface area contributed by atoms with E-state index in [0.717, 1.165) is 16.5 Å². The number of carbonyl (C=O) groups is 1. The highest BCUT2D eigenvalue weighted by Crippen LogP contribution is 2.17. The van der Waals surface area contributed by atoms with Gasteiger partial charge in [-0.25, -0.2) is 0 Å². The van der Waals surface area contributed by atoms with Gasteiger partial charge in [0.1, 0.15) is 5.75 Å². The summed E-state index contributed by atoms with van der Waals surface area (Å²) in [6, 6.07) is 15.5. The standard InChI is InChI=1S/C19H17N3O4/c23-18(13-26-17-8-6-16(7-9-17)22(24)25)20-12-10-15-4-1-3-14-5-2-11-21-19(14)15/h1-9,11H,10,12-13H2,(H,20,23). The fourth-order valence-corrected chi connectivity index (χ4v) is 2.57. The van der Waals surface area contributed by atoms with Gasteiger partial charge in [0, 0.05) is 30.3 Å². The molecular weight excluding hydrogens is 334 g/mol. The van der Waals surface area contributed by atoms with Crippen LogP contribution in [0.2, 0.25) is 0 Å². The molecule has 0 atom stereocenters. The minimum absolute atomic E-state index is 0.0227. The molecule has 3 rings (SSSR count). The number of rotatable bonds is 7. The number of para-hydroxylation sites is 1. The number of ether oxygens (including phenoxy) is 1. The average Bonchev–Trinajstić information content (AvgIpc) is 2.67. The monoisotopic (exact) mass is 351 g/mol. The molecule has 132 valence electrons. The Balaban J connectivity index is 1.47. The third kappa shape index (κ3) is 4.32. The van der Waals surface area contributed by atoms with E-state index < -0.39 is 4.92 Å². The van der Waals surface area contributed by atoms with Crippen LogP contribution in [0.3, 0.4) is 0 Å². The zero-order valence-electron chi connectivity index (χ0n) is 13.9. The summed E-state index contributed by atoms with van der Waals surface area (Å²) >= 11 is 0. The second-order valence-corrected chi connectivity index (χ2v) is 5.63. The van der Waals surface area contributed by atoms with E-state index in [1.165, 1.54) is 24.3 Å². The third-order valence-corrected chi connectivity index (χ3v) is 3.85. The summed E-state index contributed by atoms with van der Waals surface area (Å²) in [7, 11) is 0. The van der Waals surface area contributed by atoms with Crippen molar-refractivity contribution in [2.45, 2.75) is 6.42 Å². The molecule has 0 aliphatic heterocycles. The topological polar surface area (TPSA) is 94.4 Å². The van der Waals surface area contributed by atoms with Crippen molar-refractivity contribution in [2.75, 3.05) is 13.2 Å². The first-order chi connectivity index (χ1) is 12.6. The number of nitrogens with zero attached hydrogens (tertiary/aromatic N) is 2. The lowest BCUT2D eigenvalue weighted by molar-refractivity contribution is -0.384. The molecule has 1 heterocycles. The number of amides is 1. The van der Waals surface area contributed by atoms with Gasteiger partial charge in [0.15, 0.2) is 6.61 Å². The van der Waals surface area contributed by atoms with E-state index in [1.54, 1.807) is 6.20 Å². The van der Waals surface area contributed by atoms with Crippen molar-refractivity contribution in [1.82, 2.24) is 10.3 Å². The number of hydrogen-bond acceptors (Lipinski definition) is 5. The van der Waals surface area contributed by atoms with Gasteiger partial charge >= 0.3 is 0 Å². The zero-order chi connectivity index (χ0) is 18.4. The molecule has 0 radical (unpaired) electrons. The molecule has 0 spiro atoms. The van der Waals surface area contributed by atoms with E-state index in [-0.39, 0.29) is 18.2 Å². The van der Waals surface area contributed by atoms with Crippen LogP contribution < -0.4 is 10.1 Å². The Bertz CT molecular complexity index is 920. The SMILES string of the molecule is O=C(COc1ccc([N+](=O)[O-])cc1)NCCc1cccc2cccnc12. The molecule has 0 saturated heterocycles. The van der Waals surface area contributed by atoms with Crippen LogP contribution >= 0.6 is 0 Å². The number of nitro benzene ring substituents is 1. The van der Waals surface area contributed by atoms with Gasteiger partial charge in [-0.15, -0.1) is 0 Å². The summed E-state index contributed by atoms with van der Waals surface area (Å²) in [5.74, 6) is 0.153. The lowest BCUT2D eigenvalue weighted by atomic mass is 10.1. The van der Waals surface area contributed by atoms with E-state index in [0.29, 0.717) is 18.7 Å². The first-order valence-corrected chi connectivity index (χ1v) is 8.10. The quantitative estimate of drug-likeness (QED) is 0.522. The van der Waals surface area contributed by atoms with Crippen LogP contribution in [0.15, 0.2) is 60.8 Å². The van der Waals surface area contributed by atoms with Crippen molar-refractivity contribution in [3.63, 3.8) is 0 Å². The van der Waals surface area contributed by atoms with Crippen LogP contribution in [-0.2, 0) is 11.2 Å². The van der Waals surface area contributed by atoms with E-state index >= 15 is 0 Å². The van der Waals surface area contributed by atoms with Gasteiger partial charge < -0.3 is 10.1 Å². The fourth-order valence-electron chi connectivity index (χ4n) is 2.57. The van der Waals surface area contributed by atoms with Crippen LogP contribution in [0, 0.1) is 10.1 Å². The smallest absolute Gasteiger partial charge is 0.269 e. The molecule has 3 aromatic rings. The molecule has 7 nitrogen and oxygen atoms in total. The molecule has 2 aromatic carbocycles. The molecule has 26 heavy (non-hydrogen) atoms. The third-order valence-electron chi connectivity index (χ3n) is 3.85. The van der Waals surface area contributed by atoms with Gasteiger partial charge in [0.25, 0.3) is 11.6 Å². The van der Waals surface area contributed by atoms with Gasteiger partial charge in [0.2, 0.25) is 0 Å². The van der Waals surface area contributed by atoms with Gasteiger partial charge in [-0.05, 0) is 30.2 Å². The van der Waals surface area contributed by atoms with E-state index in [2.05, 4.69) is 10.3 Å². The number of carbonyl (C=O) groups excluding carboxylic acids is 1. The molecule has 7 heteroatoms. The van der Waals surface area contributed by atoms with Crippen LogP contribution in [0.25, 0.3) is 10.9 Å². The molecule has 0 aliphatic carbocycles. The number of nitrogens with one attached hydrogen (secondary N) is 1. The van der Waals surface area contributed by atoms with Crippen LogP contribution in [0.5, 0.6) is 5.75 Å². The van der Waals surface area contributed by atoms with Gasteiger partial charge in [0.05, 0.1) is 10.4 Å². The van der Waals surface area contributed by atoms with Gasteiger partial charge in [-0.2, -0.15) is 0 Å². The second-order valence-electron chi connectivity index (χ2n) is 5.63. The second kappa shape index (κ2) is 8.06. The minimum atomic E-state index is -0.487. The van der Waals surface area contributed by atoms with Crippen molar-refractivity contribution in [3.8, 4) is 5.75 Å². The summed E-state index contributed by atoms with van der Waals surface area (Å²) in [6.07, 6.45) is 2.42. The molecule has 1 aromatic heterocycles. The zero-order valence-corrected chi connectivity index (χ0v) is 13.9. The highest BCUT2D eigenvalue weighted by atomic mass is 16.6. The Kier molecular flexibility index (Phi) is 5.38. The van der Waals surface area contributed by atoms with Crippen molar-refractivity contribution in [2.24, 2.45) is 0 Å². The highest BCUT2D eigenvalue weighted by Gasteiger charge is 2.07. The van der Waals surface area contributed by atoms with Crippen molar-refractivity contribution in [1.29, 1.82) is 0 Å². The molecular formula is C19H17N3O4. The van der Waals surface area contributed by atoms with E-state index in [1.807, 2.05) is 30.3 Å². The van der Waals surface area contributed by atoms with Crippen molar-refractivity contribution >= 4 is 22.5 Å². The van der Waals surface area contributed by atoms with Crippen molar-refractivity contribution < 1.29 is 14.5 Å². The first-order valence-electron chi connectivity index (χ1n) is 8.10. The summed E-state index contributed by atoms with van der Waals surface area (Å²) < 4.78 is 5.33. The minimum Gasteiger partial charge on any atom is -0.484 e. The predicted octanol–water partition coefficient (Wildman–Crippen LogP) is 2.88. The van der Waals surface area contributed by atoms with Gasteiger partial charge in [-0.1, -0.05) is 24.3 Å². The number of nitro groups is 1. The molecule has 1 N–H and O–H groups in total. The summed E-state index contributed by atoms with van der Waals surface area (Å²) in [5, 5.41) is 14.5. The number of hydrogen-bond donors (Lipinski definition) is 1. The lowest BCUT2D eigenvalue weighted by Crippen LogP contribution is -2.30. The number of non-ortho nitro benzene ring substituents is 1. The van der Waals surface area contributed by atoms with Gasteiger partial charge in [-0.3, -0.25) is 19.9 Å². The summed E-state index contributed by atoms with van der Waals surface area (Å²) in [6.45, 7) is 0.323. The Hall–Kier alpha value is -3.48. The van der Waals surface area contributed by atoms with E-state index in [9.17, 15) is 14.9 Å². The molecule has 1 amide bonds. The fraction of sp³-hybridized carbons (Fsp3) is 0.158. The Morgan fingerprint density at radius 3 is 2.65 bits per heavy atom. The highest BCUT2D eigenvalue weighted by molar-refractivity contribution is 5.81. The first kappa shape index (κ1) is 17.3. The molecule has 0 aliphatic rings. The largest absolute Gasteiger partial charge is 0.484 e. The maximum absolute atomic E-state index is 11.9. The normalized spacial score (nSPS) is 10.5. The summed E-state index contributed by atoms with van der Waals surface area (Å²) in [5.41, 5.74) is 1.98. The molecule has 0 saturated carbocycles. The average molecular weight is 351 g/mol. The maximum Gasteiger partial charge on any atom is 0.269 e. The Morgan fingerprint density at radius 1 is 1.12 bits per heavy atom. The molecule has 0 fully saturated rings. The van der Waals surface area contributed by atoms with Crippen molar-refractivity contribution in [3.05, 3.63) is 76.5 Å². The number of aromatic nitrogens is 1. The lowest BCUT2D eigenvalue weighted by Gasteiger charge is -2.08.